The molecule has 0 amide bonds. The van der Waals surface area contributed by atoms with Crippen molar-refractivity contribution in [2.24, 2.45) is 5.92 Å². The Labute approximate surface area is 111 Å². The van der Waals surface area contributed by atoms with Crippen LogP contribution in [-0.4, -0.2) is 22.9 Å². The van der Waals surface area contributed by atoms with Crippen LogP contribution in [0, 0.1) is 5.92 Å². The van der Waals surface area contributed by atoms with Crippen LogP contribution in [0.15, 0.2) is 6.07 Å². The van der Waals surface area contributed by atoms with Crippen molar-refractivity contribution in [3.63, 3.8) is 0 Å². The number of hydrogen-bond acceptors (Lipinski definition) is 2. The van der Waals surface area contributed by atoms with E-state index in [-0.39, 0.29) is 0 Å². The molecular weight excluding hydrogens is 222 g/mol. The lowest BCUT2D eigenvalue weighted by atomic mass is 9.81. The van der Waals surface area contributed by atoms with Crippen LogP contribution in [0.2, 0.25) is 0 Å². The molecule has 18 heavy (non-hydrogen) atoms. The van der Waals surface area contributed by atoms with Crippen molar-refractivity contribution in [1.82, 2.24) is 15.1 Å². The first-order chi connectivity index (χ1) is 8.78. The van der Waals surface area contributed by atoms with Gasteiger partial charge in [-0.2, -0.15) is 5.10 Å². The summed E-state index contributed by atoms with van der Waals surface area (Å²) in [5, 5.41) is 8.16. The van der Waals surface area contributed by atoms with Crippen LogP contribution in [0.4, 0.5) is 0 Å². The Kier molecular flexibility index (Phi) is 4.81. The van der Waals surface area contributed by atoms with E-state index in [4.69, 9.17) is 0 Å². The first-order valence-corrected chi connectivity index (χ1v) is 7.51. The van der Waals surface area contributed by atoms with Gasteiger partial charge in [0.15, 0.2) is 0 Å². The van der Waals surface area contributed by atoms with Crippen molar-refractivity contribution < 1.29 is 0 Å². The molecular formula is C15H27N3. The molecule has 2 unspecified atom stereocenters. The van der Waals surface area contributed by atoms with Crippen LogP contribution in [-0.2, 0) is 19.4 Å². The third kappa shape index (κ3) is 2.94. The summed E-state index contributed by atoms with van der Waals surface area (Å²) in [4.78, 5) is 0. The summed E-state index contributed by atoms with van der Waals surface area (Å²) in [6.45, 7) is 5.36. The molecule has 0 spiro atoms. The van der Waals surface area contributed by atoms with Gasteiger partial charge in [0.25, 0.3) is 0 Å². The van der Waals surface area contributed by atoms with Crippen LogP contribution in [0.5, 0.6) is 0 Å². The third-order valence-electron chi connectivity index (χ3n) is 4.33. The van der Waals surface area contributed by atoms with E-state index in [9.17, 15) is 0 Å². The molecule has 1 aromatic heterocycles. The van der Waals surface area contributed by atoms with Crippen molar-refractivity contribution in [1.29, 1.82) is 0 Å². The lowest BCUT2D eigenvalue weighted by Gasteiger charge is -2.31. The SMILES string of the molecule is CCc1cc(CC2CCCCC2NC)n(CC)n1. The van der Waals surface area contributed by atoms with Crippen LogP contribution in [0.1, 0.15) is 50.9 Å². The molecule has 0 bridgehead atoms. The molecule has 1 N–H and O–H groups in total. The van der Waals surface area contributed by atoms with E-state index in [1.807, 2.05) is 0 Å². The van der Waals surface area contributed by atoms with E-state index in [0.717, 1.165) is 18.9 Å². The van der Waals surface area contributed by atoms with Gasteiger partial charge in [0, 0.05) is 18.3 Å². The van der Waals surface area contributed by atoms with Gasteiger partial charge in [-0.05, 0) is 51.6 Å². The van der Waals surface area contributed by atoms with Crippen molar-refractivity contribution >= 4 is 0 Å². The van der Waals surface area contributed by atoms with E-state index in [0.29, 0.717) is 6.04 Å². The minimum absolute atomic E-state index is 0.698. The van der Waals surface area contributed by atoms with Gasteiger partial charge < -0.3 is 5.32 Å². The molecule has 1 aliphatic rings. The van der Waals surface area contributed by atoms with Crippen LogP contribution < -0.4 is 5.32 Å². The van der Waals surface area contributed by atoms with Gasteiger partial charge in [-0.1, -0.05) is 19.8 Å². The first kappa shape index (κ1) is 13.6. The van der Waals surface area contributed by atoms with E-state index in [1.165, 1.54) is 43.5 Å². The fourth-order valence-electron chi connectivity index (χ4n) is 3.23. The topological polar surface area (TPSA) is 29.9 Å². The van der Waals surface area contributed by atoms with E-state index in [1.54, 1.807) is 0 Å². The molecule has 1 heterocycles. The van der Waals surface area contributed by atoms with Crippen LogP contribution in [0.3, 0.4) is 0 Å². The molecule has 3 nitrogen and oxygen atoms in total. The predicted octanol–water partition coefficient (Wildman–Crippen LogP) is 2.79. The minimum Gasteiger partial charge on any atom is -0.317 e. The van der Waals surface area contributed by atoms with Gasteiger partial charge in [0.05, 0.1) is 5.69 Å². The molecule has 102 valence electrons. The third-order valence-corrected chi connectivity index (χ3v) is 4.33. The summed E-state index contributed by atoms with van der Waals surface area (Å²) in [5.74, 6) is 0.787. The van der Waals surface area contributed by atoms with Crippen molar-refractivity contribution in [2.45, 2.75) is 65.0 Å². The maximum absolute atomic E-state index is 4.66. The molecule has 1 aliphatic carbocycles. The summed E-state index contributed by atoms with van der Waals surface area (Å²) in [6.07, 6.45) is 7.70. The number of nitrogens with one attached hydrogen (secondary N) is 1. The highest BCUT2D eigenvalue weighted by Gasteiger charge is 2.25. The Morgan fingerprint density at radius 1 is 1.33 bits per heavy atom. The second kappa shape index (κ2) is 6.37. The maximum atomic E-state index is 4.66. The highest BCUT2D eigenvalue weighted by Crippen LogP contribution is 2.27. The lowest BCUT2D eigenvalue weighted by molar-refractivity contribution is 0.268. The zero-order valence-electron chi connectivity index (χ0n) is 12.1. The highest BCUT2D eigenvalue weighted by atomic mass is 15.3. The summed E-state index contributed by atoms with van der Waals surface area (Å²) < 4.78 is 2.19. The Morgan fingerprint density at radius 3 is 2.78 bits per heavy atom. The quantitative estimate of drug-likeness (QED) is 0.869. The van der Waals surface area contributed by atoms with Gasteiger partial charge in [-0.25, -0.2) is 0 Å². The zero-order chi connectivity index (χ0) is 13.0. The average Bonchev–Trinajstić information content (AvgIpc) is 2.81. The largest absolute Gasteiger partial charge is 0.317 e. The van der Waals surface area contributed by atoms with E-state index >= 15 is 0 Å². The van der Waals surface area contributed by atoms with Gasteiger partial charge in [0.1, 0.15) is 0 Å². The second-order valence-corrected chi connectivity index (χ2v) is 5.44. The Hall–Kier alpha value is -0.830. The molecule has 2 atom stereocenters. The van der Waals surface area contributed by atoms with Crippen molar-refractivity contribution in [3.8, 4) is 0 Å². The highest BCUT2D eigenvalue weighted by molar-refractivity contribution is 5.12. The van der Waals surface area contributed by atoms with Gasteiger partial charge in [0.2, 0.25) is 0 Å². The van der Waals surface area contributed by atoms with Gasteiger partial charge in [-0.15, -0.1) is 0 Å². The molecule has 1 fully saturated rings. The molecule has 0 saturated heterocycles. The Bertz CT molecular complexity index is 370. The fourth-order valence-corrected chi connectivity index (χ4v) is 3.23. The lowest BCUT2D eigenvalue weighted by Crippen LogP contribution is -2.37. The minimum atomic E-state index is 0.698. The molecule has 1 aromatic rings. The zero-order valence-corrected chi connectivity index (χ0v) is 12.1. The molecule has 1 saturated carbocycles. The summed E-state index contributed by atoms with van der Waals surface area (Å²) >= 11 is 0. The smallest absolute Gasteiger partial charge is 0.0624 e. The summed E-state index contributed by atoms with van der Waals surface area (Å²) in [7, 11) is 2.11. The van der Waals surface area contributed by atoms with E-state index < -0.39 is 0 Å². The maximum Gasteiger partial charge on any atom is 0.0624 e. The summed E-state index contributed by atoms with van der Waals surface area (Å²) in [5.41, 5.74) is 2.67. The Morgan fingerprint density at radius 2 is 2.11 bits per heavy atom. The van der Waals surface area contributed by atoms with Crippen LogP contribution >= 0.6 is 0 Å². The van der Waals surface area contributed by atoms with Gasteiger partial charge in [-0.3, -0.25) is 4.68 Å². The standard InChI is InChI=1S/C15H27N3/c1-4-13-11-14(18(5-2)17-13)10-12-8-6-7-9-15(12)16-3/h11-12,15-16H,4-10H2,1-3H3. The van der Waals surface area contributed by atoms with E-state index in [2.05, 4.69) is 42.1 Å². The van der Waals surface area contributed by atoms with Crippen molar-refractivity contribution in [3.05, 3.63) is 17.5 Å². The van der Waals surface area contributed by atoms with Gasteiger partial charge >= 0.3 is 0 Å². The number of nitrogens with zero attached hydrogens (tertiary/aromatic N) is 2. The molecule has 2 rings (SSSR count). The number of aryl methyl sites for hydroxylation is 2. The number of aromatic nitrogens is 2. The molecule has 0 aromatic carbocycles. The predicted molar refractivity (Wildman–Crippen MR) is 75.8 cm³/mol. The fraction of sp³-hybridized carbons (Fsp3) is 0.800. The number of rotatable bonds is 5. The monoisotopic (exact) mass is 249 g/mol. The number of hydrogen-bond donors (Lipinski definition) is 1. The average molecular weight is 249 g/mol. The first-order valence-electron chi connectivity index (χ1n) is 7.51. The molecule has 3 heteroatoms. The molecule has 0 radical (unpaired) electrons. The van der Waals surface area contributed by atoms with Crippen molar-refractivity contribution in [2.75, 3.05) is 7.05 Å². The summed E-state index contributed by atoms with van der Waals surface area (Å²) in [6, 6.07) is 3.01. The normalized spacial score (nSPS) is 24.4. The Balaban J connectivity index is 2.09. The van der Waals surface area contributed by atoms with Crippen LogP contribution in [0.25, 0.3) is 0 Å². The second-order valence-electron chi connectivity index (χ2n) is 5.44. The molecule has 0 aliphatic heterocycles.